The van der Waals surface area contributed by atoms with Crippen molar-refractivity contribution < 1.29 is 27.5 Å². The van der Waals surface area contributed by atoms with E-state index in [1.54, 1.807) is 0 Å². The first-order chi connectivity index (χ1) is 8.14. The van der Waals surface area contributed by atoms with Crippen LogP contribution >= 0.6 is 0 Å². The van der Waals surface area contributed by atoms with Crippen LogP contribution in [0.3, 0.4) is 0 Å². The zero-order valence-electron chi connectivity index (χ0n) is 9.75. The molecule has 0 saturated carbocycles. The first-order valence-corrected chi connectivity index (χ1v) is 5.24. The van der Waals surface area contributed by atoms with Crippen LogP contribution in [-0.4, -0.2) is 11.1 Å². The van der Waals surface area contributed by atoms with Gasteiger partial charge in [-0.3, -0.25) is 4.79 Å². The summed E-state index contributed by atoms with van der Waals surface area (Å²) >= 11 is 0. The summed E-state index contributed by atoms with van der Waals surface area (Å²) in [5.74, 6) is -4.25. The molecule has 0 radical (unpaired) electrons. The SMILES string of the molecule is CC(C)C(C(=O)O)c1ccc(F)cc1C(F)(F)F. The Morgan fingerprint density at radius 1 is 1.28 bits per heavy atom. The standard InChI is InChI=1S/C12H12F4O2/c1-6(2)10(11(17)18)8-4-3-7(13)5-9(8)12(14,15)16/h3-6,10H,1-2H3,(H,17,18). The summed E-state index contributed by atoms with van der Waals surface area (Å²) in [5, 5.41) is 9.00. The van der Waals surface area contributed by atoms with Gasteiger partial charge >= 0.3 is 12.1 Å². The van der Waals surface area contributed by atoms with E-state index >= 15 is 0 Å². The fraction of sp³-hybridized carbons (Fsp3) is 0.417. The Balaban J connectivity index is 3.43. The molecule has 1 aromatic rings. The van der Waals surface area contributed by atoms with Gasteiger partial charge in [-0.05, 0) is 23.6 Å². The first-order valence-electron chi connectivity index (χ1n) is 5.24. The molecule has 1 aromatic carbocycles. The van der Waals surface area contributed by atoms with Gasteiger partial charge < -0.3 is 5.11 Å². The number of halogens is 4. The third-order valence-corrected chi connectivity index (χ3v) is 2.59. The lowest BCUT2D eigenvalue weighted by atomic mass is 9.85. The van der Waals surface area contributed by atoms with Crippen molar-refractivity contribution in [3.8, 4) is 0 Å². The second-order valence-corrected chi connectivity index (χ2v) is 4.29. The normalized spacial score (nSPS) is 13.7. The van der Waals surface area contributed by atoms with Crippen molar-refractivity contribution in [2.24, 2.45) is 5.92 Å². The summed E-state index contributed by atoms with van der Waals surface area (Å²) in [7, 11) is 0. The number of hydrogen-bond donors (Lipinski definition) is 1. The van der Waals surface area contributed by atoms with E-state index in [4.69, 9.17) is 5.11 Å². The summed E-state index contributed by atoms with van der Waals surface area (Å²) < 4.78 is 51.2. The van der Waals surface area contributed by atoms with Gasteiger partial charge in [0.15, 0.2) is 0 Å². The van der Waals surface area contributed by atoms with Crippen molar-refractivity contribution in [3.05, 3.63) is 35.1 Å². The van der Waals surface area contributed by atoms with Crippen LogP contribution in [-0.2, 0) is 11.0 Å². The predicted molar refractivity (Wildman–Crippen MR) is 56.6 cm³/mol. The van der Waals surface area contributed by atoms with Crippen LogP contribution in [0, 0.1) is 11.7 Å². The number of carboxylic acids is 1. The number of carboxylic acid groups (broad SMARTS) is 1. The highest BCUT2D eigenvalue weighted by molar-refractivity contribution is 5.77. The third kappa shape index (κ3) is 3.00. The molecule has 0 aliphatic carbocycles. The minimum Gasteiger partial charge on any atom is -0.481 e. The zero-order chi connectivity index (χ0) is 14.1. The Hall–Kier alpha value is -1.59. The maximum atomic E-state index is 12.9. The highest BCUT2D eigenvalue weighted by Crippen LogP contribution is 2.38. The molecular formula is C12H12F4O2. The van der Waals surface area contributed by atoms with Crippen molar-refractivity contribution in [2.45, 2.75) is 25.9 Å². The van der Waals surface area contributed by atoms with E-state index in [2.05, 4.69) is 0 Å². The van der Waals surface area contributed by atoms with Crippen LogP contribution in [0.2, 0.25) is 0 Å². The molecule has 0 fully saturated rings. The fourth-order valence-corrected chi connectivity index (χ4v) is 1.82. The van der Waals surface area contributed by atoms with E-state index in [9.17, 15) is 22.4 Å². The molecule has 0 saturated heterocycles. The van der Waals surface area contributed by atoms with Gasteiger partial charge in [-0.1, -0.05) is 19.9 Å². The molecule has 1 N–H and O–H groups in total. The van der Waals surface area contributed by atoms with Gasteiger partial charge in [-0.2, -0.15) is 13.2 Å². The molecule has 0 aromatic heterocycles. The largest absolute Gasteiger partial charge is 0.481 e. The molecule has 18 heavy (non-hydrogen) atoms. The lowest BCUT2D eigenvalue weighted by molar-refractivity contribution is -0.142. The molecule has 1 atom stereocenters. The van der Waals surface area contributed by atoms with Gasteiger partial charge in [0.25, 0.3) is 0 Å². The van der Waals surface area contributed by atoms with Gasteiger partial charge in [0.2, 0.25) is 0 Å². The molecule has 0 bridgehead atoms. The van der Waals surface area contributed by atoms with Gasteiger partial charge in [-0.15, -0.1) is 0 Å². The maximum Gasteiger partial charge on any atom is 0.416 e. The molecule has 0 spiro atoms. The number of alkyl halides is 3. The topological polar surface area (TPSA) is 37.3 Å². The molecule has 100 valence electrons. The van der Waals surface area contributed by atoms with Crippen molar-refractivity contribution in [1.82, 2.24) is 0 Å². The average Bonchev–Trinajstić information content (AvgIpc) is 2.17. The summed E-state index contributed by atoms with van der Waals surface area (Å²) in [6.07, 6.45) is -4.78. The van der Waals surface area contributed by atoms with Gasteiger partial charge in [-0.25, -0.2) is 4.39 Å². The Bertz CT molecular complexity index is 452. The second-order valence-electron chi connectivity index (χ2n) is 4.29. The van der Waals surface area contributed by atoms with Gasteiger partial charge in [0, 0.05) is 0 Å². The van der Waals surface area contributed by atoms with Crippen LogP contribution in [0.25, 0.3) is 0 Å². The average molecular weight is 264 g/mol. The van der Waals surface area contributed by atoms with E-state index < -0.39 is 40.9 Å². The van der Waals surface area contributed by atoms with E-state index in [0.29, 0.717) is 6.07 Å². The Morgan fingerprint density at radius 3 is 2.22 bits per heavy atom. The van der Waals surface area contributed by atoms with Crippen molar-refractivity contribution >= 4 is 5.97 Å². The first kappa shape index (κ1) is 14.5. The van der Waals surface area contributed by atoms with Crippen LogP contribution < -0.4 is 0 Å². The fourth-order valence-electron chi connectivity index (χ4n) is 1.82. The van der Waals surface area contributed by atoms with E-state index in [-0.39, 0.29) is 0 Å². The molecular weight excluding hydrogens is 252 g/mol. The van der Waals surface area contributed by atoms with E-state index in [0.717, 1.165) is 12.1 Å². The molecule has 0 amide bonds. The summed E-state index contributed by atoms with van der Waals surface area (Å²) in [6, 6.07) is 2.05. The summed E-state index contributed by atoms with van der Waals surface area (Å²) in [5.41, 5.74) is -1.64. The predicted octanol–water partition coefficient (Wildman–Crippen LogP) is 3.67. The van der Waals surface area contributed by atoms with Crippen LogP contribution in [0.15, 0.2) is 18.2 Å². The molecule has 1 unspecified atom stereocenters. The van der Waals surface area contributed by atoms with Crippen molar-refractivity contribution in [3.63, 3.8) is 0 Å². The minimum absolute atomic E-state index is 0.327. The molecule has 2 nitrogen and oxygen atoms in total. The highest BCUT2D eigenvalue weighted by atomic mass is 19.4. The van der Waals surface area contributed by atoms with Crippen LogP contribution in [0.1, 0.15) is 30.9 Å². The summed E-state index contributed by atoms with van der Waals surface area (Å²) in [6.45, 7) is 3.00. The number of rotatable bonds is 3. The number of carbonyl (C=O) groups is 1. The minimum atomic E-state index is -4.78. The lowest BCUT2D eigenvalue weighted by Gasteiger charge is -2.21. The molecule has 0 heterocycles. The summed E-state index contributed by atoms with van der Waals surface area (Å²) in [4.78, 5) is 11.0. The monoisotopic (exact) mass is 264 g/mol. The molecule has 0 aliphatic heterocycles. The number of aliphatic carboxylic acids is 1. The molecule has 1 rings (SSSR count). The van der Waals surface area contributed by atoms with Crippen LogP contribution in [0.5, 0.6) is 0 Å². The van der Waals surface area contributed by atoms with E-state index in [1.165, 1.54) is 13.8 Å². The van der Waals surface area contributed by atoms with Gasteiger partial charge in [0.05, 0.1) is 11.5 Å². The zero-order valence-corrected chi connectivity index (χ0v) is 9.75. The molecule has 6 heteroatoms. The Kier molecular flexibility index (Phi) is 3.98. The lowest BCUT2D eigenvalue weighted by Crippen LogP contribution is -2.22. The number of hydrogen-bond acceptors (Lipinski definition) is 1. The number of benzene rings is 1. The third-order valence-electron chi connectivity index (χ3n) is 2.59. The second kappa shape index (κ2) is 4.96. The maximum absolute atomic E-state index is 12.9. The molecule has 0 aliphatic rings. The van der Waals surface area contributed by atoms with Crippen molar-refractivity contribution in [2.75, 3.05) is 0 Å². The quantitative estimate of drug-likeness (QED) is 0.846. The van der Waals surface area contributed by atoms with E-state index in [1.807, 2.05) is 0 Å². The van der Waals surface area contributed by atoms with Gasteiger partial charge in [0.1, 0.15) is 5.82 Å². The Labute approximate surface area is 101 Å². The van der Waals surface area contributed by atoms with Crippen molar-refractivity contribution in [1.29, 1.82) is 0 Å². The Morgan fingerprint density at radius 2 is 1.83 bits per heavy atom. The highest BCUT2D eigenvalue weighted by Gasteiger charge is 2.38. The smallest absolute Gasteiger partial charge is 0.416 e. The van der Waals surface area contributed by atoms with Crippen LogP contribution in [0.4, 0.5) is 17.6 Å².